The van der Waals surface area contributed by atoms with Crippen LogP contribution in [0, 0.1) is 5.92 Å². The van der Waals surface area contributed by atoms with Crippen LogP contribution in [0.1, 0.15) is 12.8 Å². The highest BCUT2D eigenvalue weighted by Crippen LogP contribution is 2.21. The molecule has 7 heteroatoms. The molecule has 0 radical (unpaired) electrons. The number of rotatable bonds is 5. The third-order valence-corrected chi connectivity index (χ3v) is 4.44. The molecular formula is C9H17NO5S. The first-order chi connectivity index (χ1) is 7.46. The fourth-order valence-electron chi connectivity index (χ4n) is 1.73. The van der Waals surface area contributed by atoms with Gasteiger partial charge in [0.15, 0.2) is 9.84 Å². The van der Waals surface area contributed by atoms with Crippen molar-refractivity contribution in [2.75, 3.05) is 24.7 Å². The zero-order chi connectivity index (χ0) is 12.2. The van der Waals surface area contributed by atoms with Crippen molar-refractivity contribution in [3.63, 3.8) is 0 Å². The summed E-state index contributed by atoms with van der Waals surface area (Å²) >= 11 is 0. The molecule has 0 aromatic rings. The number of aliphatic hydroxyl groups excluding tert-OH is 2. The molecule has 1 unspecified atom stereocenters. The first-order valence-corrected chi connectivity index (χ1v) is 7.00. The Morgan fingerprint density at radius 1 is 1.38 bits per heavy atom. The number of nitrogens with one attached hydrogen (secondary N) is 1. The van der Waals surface area contributed by atoms with Crippen molar-refractivity contribution in [2.45, 2.75) is 18.9 Å². The minimum atomic E-state index is -2.96. The molecule has 6 nitrogen and oxygen atoms in total. The van der Waals surface area contributed by atoms with Gasteiger partial charge in [-0.15, -0.1) is 0 Å². The van der Waals surface area contributed by atoms with Gasteiger partial charge in [-0.3, -0.25) is 4.79 Å². The zero-order valence-electron chi connectivity index (χ0n) is 8.92. The number of carbonyl (C=O) groups excluding carboxylic acids is 1. The van der Waals surface area contributed by atoms with Gasteiger partial charge < -0.3 is 15.5 Å². The van der Waals surface area contributed by atoms with E-state index in [1.54, 1.807) is 0 Å². The highest BCUT2D eigenvalue weighted by molar-refractivity contribution is 7.91. The van der Waals surface area contributed by atoms with Crippen LogP contribution in [0.25, 0.3) is 0 Å². The van der Waals surface area contributed by atoms with Crippen LogP contribution in [0.2, 0.25) is 0 Å². The molecule has 0 spiro atoms. The van der Waals surface area contributed by atoms with Gasteiger partial charge in [0.25, 0.3) is 0 Å². The number of hydrogen-bond acceptors (Lipinski definition) is 5. The first-order valence-electron chi connectivity index (χ1n) is 5.18. The average Bonchev–Trinajstić information content (AvgIpc) is 2.54. The molecule has 0 bridgehead atoms. The molecule has 0 saturated carbocycles. The topological polar surface area (TPSA) is 104 Å². The average molecular weight is 251 g/mol. The molecular weight excluding hydrogens is 234 g/mol. The standard InChI is InChI=1S/C9H17NO5S/c11-4-8(5-12)10-9(13)3-7-1-2-16(14,15)6-7/h7-8,11-12H,1-6H2,(H,10,13). The second-order valence-corrected chi connectivity index (χ2v) is 6.33. The Hall–Kier alpha value is -0.660. The lowest BCUT2D eigenvalue weighted by atomic mass is 10.0. The van der Waals surface area contributed by atoms with Crippen LogP contribution in [0.5, 0.6) is 0 Å². The molecule has 1 fully saturated rings. The smallest absolute Gasteiger partial charge is 0.220 e. The number of amides is 1. The van der Waals surface area contributed by atoms with Gasteiger partial charge in [0, 0.05) is 6.42 Å². The molecule has 0 aromatic heterocycles. The van der Waals surface area contributed by atoms with Crippen LogP contribution in [-0.2, 0) is 14.6 Å². The van der Waals surface area contributed by atoms with Crippen LogP contribution < -0.4 is 5.32 Å². The minimum Gasteiger partial charge on any atom is -0.394 e. The number of sulfone groups is 1. The van der Waals surface area contributed by atoms with E-state index in [1.807, 2.05) is 0 Å². The van der Waals surface area contributed by atoms with Crippen molar-refractivity contribution < 1.29 is 23.4 Å². The molecule has 1 rings (SSSR count). The number of carbonyl (C=O) groups is 1. The Labute approximate surface area is 94.6 Å². The molecule has 1 heterocycles. The summed E-state index contributed by atoms with van der Waals surface area (Å²) in [6, 6.07) is -0.662. The lowest BCUT2D eigenvalue weighted by Gasteiger charge is -2.14. The van der Waals surface area contributed by atoms with E-state index in [0.717, 1.165) is 0 Å². The third-order valence-electron chi connectivity index (χ3n) is 2.61. The predicted octanol–water partition coefficient (Wildman–Crippen LogP) is -1.72. The molecule has 1 aliphatic heterocycles. The maximum Gasteiger partial charge on any atom is 0.220 e. The van der Waals surface area contributed by atoms with Crippen molar-refractivity contribution >= 4 is 15.7 Å². The molecule has 1 saturated heterocycles. The van der Waals surface area contributed by atoms with Gasteiger partial charge in [0.05, 0.1) is 30.8 Å². The van der Waals surface area contributed by atoms with Gasteiger partial charge in [-0.25, -0.2) is 8.42 Å². The lowest BCUT2D eigenvalue weighted by Crippen LogP contribution is -2.40. The van der Waals surface area contributed by atoms with Gasteiger partial charge in [0.2, 0.25) is 5.91 Å². The van der Waals surface area contributed by atoms with E-state index in [-0.39, 0.29) is 43.0 Å². The maximum atomic E-state index is 11.4. The van der Waals surface area contributed by atoms with E-state index < -0.39 is 15.9 Å². The molecule has 1 aliphatic rings. The van der Waals surface area contributed by atoms with Crippen LogP contribution in [0.4, 0.5) is 0 Å². The quantitative estimate of drug-likeness (QED) is 0.539. The van der Waals surface area contributed by atoms with Crippen LogP contribution in [0.15, 0.2) is 0 Å². The summed E-state index contributed by atoms with van der Waals surface area (Å²) in [7, 11) is -2.96. The summed E-state index contributed by atoms with van der Waals surface area (Å²) < 4.78 is 22.3. The van der Waals surface area contributed by atoms with Gasteiger partial charge in [-0.05, 0) is 12.3 Å². The normalized spacial score (nSPS) is 23.6. The molecule has 0 aliphatic carbocycles. The lowest BCUT2D eigenvalue weighted by molar-refractivity contribution is -0.123. The monoisotopic (exact) mass is 251 g/mol. The van der Waals surface area contributed by atoms with E-state index in [1.165, 1.54) is 0 Å². The van der Waals surface area contributed by atoms with Gasteiger partial charge >= 0.3 is 0 Å². The number of aliphatic hydroxyl groups is 2. The molecule has 94 valence electrons. The summed E-state index contributed by atoms with van der Waals surface area (Å²) in [5, 5.41) is 19.9. The van der Waals surface area contributed by atoms with Crippen LogP contribution in [0.3, 0.4) is 0 Å². The van der Waals surface area contributed by atoms with Crippen LogP contribution >= 0.6 is 0 Å². The Kier molecular flexibility index (Phi) is 4.69. The number of hydrogen-bond donors (Lipinski definition) is 3. The molecule has 0 aromatic carbocycles. The highest BCUT2D eigenvalue weighted by atomic mass is 32.2. The summed E-state index contributed by atoms with van der Waals surface area (Å²) in [5.41, 5.74) is 0. The fourth-order valence-corrected chi connectivity index (χ4v) is 3.59. The van der Waals surface area contributed by atoms with Gasteiger partial charge in [-0.1, -0.05) is 0 Å². The predicted molar refractivity (Wildman–Crippen MR) is 57.5 cm³/mol. The molecule has 3 N–H and O–H groups in total. The summed E-state index contributed by atoms with van der Waals surface area (Å²) in [6.07, 6.45) is 0.647. The zero-order valence-corrected chi connectivity index (χ0v) is 9.74. The third kappa shape index (κ3) is 4.07. The van der Waals surface area contributed by atoms with Gasteiger partial charge in [0.1, 0.15) is 0 Å². The summed E-state index contributed by atoms with van der Waals surface area (Å²) in [5.74, 6) is -0.254. The first kappa shape index (κ1) is 13.4. The van der Waals surface area contributed by atoms with E-state index in [0.29, 0.717) is 6.42 Å². The van der Waals surface area contributed by atoms with Crippen molar-refractivity contribution in [1.29, 1.82) is 0 Å². The molecule has 1 amide bonds. The SMILES string of the molecule is O=C(CC1CCS(=O)(=O)C1)NC(CO)CO. The van der Waals surface area contributed by atoms with E-state index in [9.17, 15) is 13.2 Å². The Bertz CT molecular complexity index is 336. The maximum absolute atomic E-state index is 11.4. The highest BCUT2D eigenvalue weighted by Gasteiger charge is 2.29. The minimum absolute atomic E-state index is 0.0589. The molecule has 1 atom stereocenters. The van der Waals surface area contributed by atoms with E-state index >= 15 is 0 Å². The van der Waals surface area contributed by atoms with Gasteiger partial charge in [-0.2, -0.15) is 0 Å². The molecule has 16 heavy (non-hydrogen) atoms. The largest absolute Gasteiger partial charge is 0.394 e. The summed E-state index contributed by atoms with van der Waals surface area (Å²) in [4.78, 5) is 11.4. The van der Waals surface area contributed by atoms with Crippen molar-refractivity contribution in [2.24, 2.45) is 5.92 Å². The second-order valence-electron chi connectivity index (χ2n) is 4.10. The van der Waals surface area contributed by atoms with Crippen molar-refractivity contribution in [3.8, 4) is 0 Å². The second kappa shape index (κ2) is 5.60. The van der Waals surface area contributed by atoms with Crippen molar-refractivity contribution in [3.05, 3.63) is 0 Å². The Morgan fingerprint density at radius 2 is 2.00 bits per heavy atom. The van der Waals surface area contributed by atoms with Crippen LogP contribution in [-0.4, -0.2) is 55.3 Å². The summed E-state index contributed by atoms with van der Waals surface area (Å²) in [6.45, 7) is -0.656. The van der Waals surface area contributed by atoms with Crippen molar-refractivity contribution in [1.82, 2.24) is 5.32 Å². The Morgan fingerprint density at radius 3 is 2.44 bits per heavy atom. The Balaban J connectivity index is 2.35. The van der Waals surface area contributed by atoms with E-state index in [4.69, 9.17) is 10.2 Å². The van der Waals surface area contributed by atoms with E-state index in [2.05, 4.69) is 5.32 Å². The fraction of sp³-hybridized carbons (Fsp3) is 0.889.